The van der Waals surface area contributed by atoms with Gasteiger partial charge in [-0.3, -0.25) is 14.2 Å². The third-order valence-electron chi connectivity index (χ3n) is 6.96. The number of hydrogen-bond donors (Lipinski definition) is 0. The van der Waals surface area contributed by atoms with Gasteiger partial charge in [0.1, 0.15) is 0 Å². The zero-order valence-electron chi connectivity index (χ0n) is 24.5. The van der Waals surface area contributed by atoms with E-state index in [1.807, 2.05) is 43.3 Å². The molecule has 0 spiro atoms. The van der Waals surface area contributed by atoms with Gasteiger partial charge in [0.25, 0.3) is 5.56 Å². The number of rotatable bonds is 8. The summed E-state index contributed by atoms with van der Waals surface area (Å²) in [7, 11) is 0. The second kappa shape index (κ2) is 12.9. The number of nitrogens with zero attached hydrogens (tertiary/aromatic N) is 2. The van der Waals surface area contributed by atoms with Gasteiger partial charge in [0.15, 0.2) is 27.8 Å². The first-order chi connectivity index (χ1) is 21.8. The first kappa shape index (κ1) is 30.6. The van der Waals surface area contributed by atoms with Gasteiger partial charge in [0.2, 0.25) is 6.79 Å². The molecule has 0 N–H and O–H groups in total. The highest BCUT2D eigenvalue weighted by Gasteiger charge is 2.36. The molecular formula is C33H27IN2O8S. The van der Waals surface area contributed by atoms with Crippen LogP contribution in [0.15, 0.2) is 76.0 Å². The Kier molecular flexibility index (Phi) is 8.76. The molecule has 0 unspecified atom stereocenters. The highest BCUT2D eigenvalue weighted by molar-refractivity contribution is 14.1. The molecule has 10 nitrogen and oxygen atoms in total. The Morgan fingerprint density at radius 2 is 1.84 bits per heavy atom. The summed E-state index contributed by atoms with van der Waals surface area (Å²) in [6.07, 6.45) is 1.74. The van der Waals surface area contributed by atoms with E-state index < -0.39 is 18.0 Å². The van der Waals surface area contributed by atoms with Crippen molar-refractivity contribution in [3.8, 4) is 23.0 Å². The van der Waals surface area contributed by atoms with Crippen molar-refractivity contribution in [2.45, 2.75) is 26.8 Å². The maximum atomic E-state index is 14.3. The van der Waals surface area contributed by atoms with Gasteiger partial charge in [-0.1, -0.05) is 47.7 Å². The topological polar surface area (TPSA) is 115 Å². The van der Waals surface area contributed by atoms with Crippen LogP contribution >= 0.6 is 33.9 Å². The Hall–Kier alpha value is -4.43. The largest absolute Gasteiger partial charge is 0.490 e. The number of fused-ring (bicyclic) bond motifs is 2. The van der Waals surface area contributed by atoms with E-state index in [1.165, 1.54) is 22.8 Å². The average molecular weight is 739 g/mol. The Morgan fingerprint density at radius 1 is 1.07 bits per heavy atom. The fourth-order valence-electron chi connectivity index (χ4n) is 5.17. The van der Waals surface area contributed by atoms with Gasteiger partial charge in [0.05, 0.1) is 38.6 Å². The number of carbonyl (C=O) groups excluding carboxylic acids is 2. The Bertz CT molecular complexity index is 2030. The molecule has 1 aromatic heterocycles. The molecule has 230 valence electrons. The Morgan fingerprint density at radius 3 is 2.58 bits per heavy atom. The molecule has 0 radical (unpaired) electrons. The minimum Gasteiger partial charge on any atom is -0.490 e. The van der Waals surface area contributed by atoms with Crippen molar-refractivity contribution in [1.82, 2.24) is 4.57 Å². The normalized spacial score (nSPS) is 15.4. The smallest absolute Gasteiger partial charge is 0.338 e. The lowest BCUT2D eigenvalue weighted by molar-refractivity contribution is -0.139. The van der Waals surface area contributed by atoms with Crippen LogP contribution in [-0.4, -0.2) is 36.5 Å². The average Bonchev–Trinajstić information content (AvgIpc) is 3.62. The molecule has 0 saturated heterocycles. The van der Waals surface area contributed by atoms with E-state index >= 15 is 0 Å². The van der Waals surface area contributed by atoms with Crippen LogP contribution in [-0.2, 0) is 14.3 Å². The van der Waals surface area contributed by atoms with Crippen LogP contribution < -0.4 is 33.8 Å². The number of carbonyl (C=O) groups is 2. The summed E-state index contributed by atoms with van der Waals surface area (Å²) in [6, 6.07) is 17.4. The van der Waals surface area contributed by atoms with Gasteiger partial charge in [-0.25, -0.2) is 9.79 Å². The molecule has 12 heteroatoms. The number of aromatic nitrogens is 1. The van der Waals surface area contributed by atoms with Crippen molar-refractivity contribution in [2.24, 2.45) is 4.99 Å². The van der Waals surface area contributed by atoms with E-state index in [0.717, 1.165) is 0 Å². The molecule has 1 atom stereocenters. The zero-order chi connectivity index (χ0) is 31.7. The molecule has 45 heavy (non-hydrogen) atoms. The first-order valence-corrected chi connectivity index (χ1v) is 16.0. The van der Waals surface area contributed by atoms with Crippen LogP contribution in [0.4, 0.5) is 0 Å². The number of halogens is 1. The maximum Gasteiger partial charge on any atom is 0.338 e. The van der Waals surface area contributed by atoms with Gasteiger partial charge in [-0.05, 0) is 77.9 Å². The predicted octanol–water partition coefficient (Wildman–Crippen LogP) is 4.59. The van der Waals surface area contributed by atoms with Gasteiger partial charge in [-0.15, -0.1) is 0 Å². The third-order valence-corrected chi connectivity index (χ3v) is 8.75. The van der Waals surface area contributed by atoms with E-state index in [9.17, 15) is 14.4 Å². The van der Waals surface area contributed by atoms with Gasteiger partial charge in [-0.2, -0.15) is 0 Å². The van der Waals surface area contributed by atoms with Crippen LogP contribution in [0.5, 0.6) is 23.0 Å². The third kappa shape index (κ3) is 5.99. The van der Waals surface area contributed by atoms with Crippen molar-refractivity contribution in [2.75, 3.05) is 20.0 Å². The molecule has 0 bridgehead atoms. The molecule has 4 aromatic rings. The fourth-order valence-corrected chi connectivity index (χ4v) is 6.90. The lowest BCUT2D eigenvalue weighted by Gasteiger charge is -2.26. The predicted molar refractivity (Wildman–Crippen MR) is 175 cm³/mol. The van der Waals surface area contributed by atoms with Gasteiger partial charge in [0, 0.05) is 12.5 Å². The van der Waals surface area contributed by atoms with Crippen molar-refractivity contribution in [1.29, 1.82) is 0 Å². The van der Waals surface area contributed by atoms with Crippen LogP contribution in [0.2, 0.25) is 0 Å². The Labute approximate surface area is 275 Å². The van der Waals surface area contributed by atoms with Crippen LogP contribution in [0.1, 0.15) is 43.5 Å². The summed E-state index contributed by atoms with van der Waals surface area (Å²) in [5.41, 5.74) is 2.32. The summed E-state index contributed by atoms with van der Waals surface area (Å²) in [4.78, 5) is 45.0. The SMILES string of the molecule is CCOC(=O)C1=C(c2ccccc2)N=c2s/c(=C\c3cc(I)c(OC(C)=O)c(OCC)c3)c(=O)n2[C@@H]1c1ccc2c(c1)OCO2. The van der Waals surface area contributed by atoms with Crippen LogP contribution in [0.25, 0.3) is 11.8 Å². The molecule has 2 aliphatic heterocycles. The molecule has 3 heterocycles. The van der Waals surface area contributed by atoms with Crippen molar-refractivity contribution < 1.29 is 33.3 Å². The molecule has 0 aliphatic carbocycles. The number of benzene rings is 3. The summed E-state index contributed by atoms with van der Waals surface area (Å²) >= 11 is 3.27. The highest BCUT2D eigenvalue weighted by atomic mass is 127. The number of esters is 2. The molecule has 3 aromatic carbocycles. The maximum absolute atomic E-state index is 14.3. The second-order valence-corrected chi connectivity index (χ2v) is 12.1. The summed E-state index contributed by atoms with van der Waals surface area (Å²) in [5.74, 6) is 0.750. The minimum absolute atomic E-state index is 0.0795. The summed E-state index contributed by atoms with van der Waals surface area (Å²) < 4.78 is 30.4. The number of ether oxygens (including phenoxy) is 5. The Balaban J connectivity index is 1.60. The highest BCUT2D eigenvalue weighted by Crippen LogP contribution is 2.40. The van der Waals surface area contributed by atoms with Crippen molar-refractivity contribution in [3.63, 3.8) is 0 Å². The van der Waals surface area contributed by atoms with Gasteiger partial charge >= 0.3 is 11.9 Å². The molecular weight excluding hydrogens is 711 g/mol. The summed E-state index contributed by atoms with van der Waals surface area (Å²) in [6.45, 7) is 5.46. The minimum atomic E-state index is -0.863. The van der Waals surface area contributed by atoms with E-state index in [1.54, 1.807) is 37.3 Å². The second-order valence-electron chi connectivity index (χ2n) is 9.90. The molecule has 0 amide bonds. The van der Waals surface area contributed by atoms with Gasteiger partial charge < -0.3 is 23.7 Å². The standard InChI is InChI=1S/C33H27IN2O8S/c1-4-40-25-14-19(13-22(34)30(25)44-18(3)37)15-26-31(38)36-29(21-11-12-23-24(16-21)43-17-42-23)27(32(39)41-5-2)28(35-33(36)45-26)20-9-7-6-8-10-20/h6-16,29H,4-5,17H2,1-3H3/b26-15-/t29-/m1/s1. The van der Waals surface area contributed by atoms with Crippen LogP contribution in [0, 0.1) is 3.57 Å². The van der Waals surface area contributed by atoms with E-state index in [0.29, 0.717) is 64.9 Å². The lowest BCUT2D eigenvalue weighted by atomic mass is 9.93. The molecule has 2 aliphatic rings. The first-order valence-electron chi connectivity index (χ1n) is 14.1. The van der Waals surface area contributed by atoms with Crippen LogP contribution in [0.3, 0.4) is 0 Å². The number of thiazole rings is 1. The monoisotopic (exact) mass is 738 g/mol. The molecule has 0 saturated carbocycles. The number of hydrogen-bond acceptors (Lipinski definition) is 10. The molecule has 0 fully saturated rings. The van der Waals surface area contributed by atoms with E-state index in [-0.39, 0.29) is 24.5 Å². The quantitative estimate of drug-likeness (QED) is 0.147. The van der Waals surface area contributed by atoms with Crippen molar-refractivity contribution in [3.05, 3.63) is 106 Å². The fraction of sp³-hybridized carbons (Fsp3) is 0.212. The van der Waals surface area contributed by atoms with E-state index in [2.05, 4.69) is 22.6 Å². The van der Waals surface area contributed by atoms with Crippen molar-refractivity contribution >= 4 is 57.6 Å². The lowest BCUT2D eigenvalue weighted by Crippen LogP contribution is -2.40. The van der Waals surface area contributed by atoms with E-state index in [4.69, 9.17) is 28.7 Å². The molecule has 6 rings (SSSR count). The zero-order valence-corrected chi connectivity index (χ0v) is 27.5. The summed E-state index contributed by atoms with van der Waals surface area (Å²) in [5, 5.41) is 0.